The lowest BCUT2D eigenvalue weighted by Gasteiger charge is -2.26. The number of aromatic nitrogens is 1. The molecule has 268 valence electrons. The molecule has 0 fully saturated rings. The van der Waals surface area contributed by atoms with E-state index in [1.165, 1.54) is 39.5 Å². The van der Waals surface area contributed by atoms with Gasteiger partial charge in [-0.05, 0) is 154 Å². The molecule has 0 saturated heterocycles. The lowest BCUT2D eigenvalue weighted by molar-refractivity contribution is 0.459. The van der Waals surface area contributed by atoms with Crippen LogP contribution in [0.4, 0.5) is 13.2 Å². The number of aliphatic imine (C=N–C) groups is 1. The van der Waals surface area contributed by atoms with E-state index in [1.807, 2.05) is 13.8 Å². The fourth-order valence-electron chi connectivity index (χ4n) is 8.51. The van der Waals surface area contributed by atoms with Gasteiger partial charge in [0.15, 0.2) is 11.6 Å². The van der Waals surface area contributed by atoms with Crippen molar-refractivity contribution in [3.05, 3.63) is 150 Å². The predicted octanol–water partition coefficient (Wildman–Crippen LogP) is 12.7. The first-order valence-electron chi connectivity index (χ1n) is 18.3. The SMILES string of the molecule is C=CCc1cc(F)c(F)c(C(c2[nH]c(/C=C/c3c(C)cc(C)cc3C)c(CC)c2C)[C@H]2N=C(/C=C/C3=C(C)C=C(C)CC3C)C(CC)=C2C)c1F. The van der Waals surface area contributed by atoms with E-state index in [-0.39, 0.29) is 17.5 Å². The molecular weight excluding hydrogens is 638 g/mol. The molecule has 2 heterocycles. The molecule has 0 spiro atoms. The third-order valence-electron chi connectivity index (χ3n) is 10.9. The van der Waals surface area contributed by atoms with Crippen molar-refractivity contribution in [1.29, 1.82) is 0 Å². The first-order chi connectivity index (χ1) is 24.2. The molecule has 3 atom stereocenters. The Labute approximate surface area is 303 Å². The molecule has 1 aromatic heterocycles. The molecule has 2 nitrogen and oxygen atoms in total. The summed E-state index contributed by atoms with van der Waals surface area (Å²) in [6.07, 6.45) is 14.6. The van der Waals surface area contributed by atoms with Gasteiger partial charge in [0.05, 0.1) is 17.7 Å². The van der Waals surface area contributed by atoms with E-state index < -0.39 is 29.4 Å². The van der Waals surface area contributed by atoms with Gasteiger partial charge in [-0.25, -0.2) is 13.2 Å². The minimum Gasteiger partial charge on any atom is -0.358 e. The summed E-state index contributed by atoms with van der Waals surface area (Å²) in [6, 6.07) is 4.64. The minimum atomic E-state index is -1.18. The number of nitrogens with one attached hydrogen (secondary N) is 1. The molecular formula is C46H53F3N2. The van der Waals surface area contributed by atoms with E-state index in [1.54, 1.807) is 0 Å². The molecule has 2 aromatic carbocycles. The van der Waals surface area contributed by atoms with E-state index >= 15 is 13.2 Å². The van der Waals surface area contributed by atoms with Crippen LogP contribution in [0.25, 0.3) is 12.2 Å². The van der Waals surface area contributed by atoms with Gasteiger partial charge in [0, 0.05) is 17.0 Å². The molecule has 0 bridgehead atoms. The summed E-state index contributed by atoms with van der Waals surface area (Å²) in [7, 11) is 0. The number of hydrogen-bond donors (Lipinski definition) is 1. The summed E-state index contributed by atoms with van der Waals surface area (Å²) < 4.78 is 48.3. The van der Waals surface area contributed by atoms with Crippen molar-refractivity contribution < 1.29 is 13.2 Å². The van der Waals surface area contributed by atoms with Crippen molar-refractivity contribution in [2.75, 3.05) is 0 Å². The van der Waals surface area contributed by atoms with Crippen LogP contribution < -0.4 is 0 Å². The number of rotatable bonds is 11. The third-order valence-corrected chi connectivity index (χ3v) is 10.9. The van der Waals surface area contributed by atoms with Crippen LogP contribution in [0.15, 0.2) is 81.9 Å². The van der Waals surface area contributed by atoms with Crippen LogP contribution in [-0.2, 0) is 12.8 Å². The predicted molar refractivity (Wildman–Crippen MR) is 210 cm³/mol. The average molecular weight is 691 g/mol. The molecule has 1 aliphatic carbocycles. The molecule has 0 saturated carbocycles. The standard InChI is InChI=1S/C46H53F3N2/c1-12-15-33-24-38(47)44(49)41(43(33)48)42(45-31(10)34(13-2)39(50-45)18-16-36-27(6)20-25(4)21-28(36)7)46-32(11)35(14-3)40(51-46)19-17-37-29(8)22-26(5)23-30(37)9/h12,16-22,24,30,42,46,50H,1,13-15,23H2,2-11H3/b18-16+,19-17+/t30?,42?,46-/m0/s1. The summed E-state index contributed by atoms with van der Waals surface area (Å²) in [4.78, 5) is 8.85. The second-order valence-corrected chi connectivity index (χ2v) is 14.6. The number of H-pyrrole nitrogens is 1. The highest BCUT2D eigenvalue weighted by molar-refractivity contribution is 6.11. The van der Waals surface area contributed by atoms with Crippen molar-refractivity contribution >= 4 is 17.9 Å². The van der Waals surface area contributed by atoms with Gasteiger partial charge >= 0.3 is 0 Å². The number of nitrogens with zero attached hydrogens (tertiary/aromatic N) is 1. The van der Waals surface area contributed by atoms with Gasteiger partial charge < -0.3 is 4.98 Å². The van der Waals surface area contributed by atoms with Gasteiger partial charge in [-0.3, -0.25) is 4.99 Å². The molecule has 51 heavy (non-hydrogen) atoms. The van der Waals surface area contributed by atoms with Gasteiger partial charge in [-0.2, -0.15) is 0 Å². The maximum Gasteiger partial charge on any atom is 0.165 e. The highest BCUT2D eigenvalue weighted by Gasteiger charge is 2.39. The second-order valence-electron chi connectivity index (χ2n) is 14.6. The number of allylic oxidation sites excluding steroid dienone is 8. The van der Waals surface area contributed by atoms with Crippen LogP contribution in [0.3, 0.4) is 0 Å². The molecule has 0 amide bonds. The quantitative estimate of drug-likeness (QED) is 0.153. The Kier molecular flexibility index (Phi) is 11.5. The van der Waals surface area contributed by atoms with Crippen LogP contribution in [0.5, 0.6) is 0 Å². The Bertz CT molecular complexity index is 2040. The Balaban J connectivity index is 1.73. The molecule has 0 radical (unpaired) electrons. The topological polar surface area (TPSA) is 28.1 Å². The van der Waals surface area contributed by atoms with Crippen LogP contribution in [0, 0.1) is 51.1 Å². The van der Waals surface area contributed by atoms with Crippen LogP contribution in [-0.4, -0.2) is 16.7 Å². The Morgan fingerprint density at radius 3 is 2.20 bits per heavy atom. The zero-order chi connectivity index (χ0) is 37.3. The third kappa shape index (κ3) is 7.36. The van der Waals surface area contributed by atoms with Gasteiger partial charge in [-0.15, -0.1) is 6.58 Å². The maximum atomic E-state index is 16.6. The lowest BCUT2D eigenvalue weighted by Crippen LogP contribution is -2.23. The number of aryl methyl sites for hydroxylation is 3. The largest absolute Gasteiger partial charge is 0.358 e. The highest BCUT2D eigenvalue weighted by atomic mass is 19.2. The van der Waals surface area contributed by atoms with Crippen LogP contribution in [0.2, 0.25) is 0 Å². The molecule has 2 unspecified atom stereocenters. The first kappa shape index (κ1) is 37.9. The van der Waals surface area contributed by atoms with Gasteiger partial charge in [-0.1, -0.05) is 68.3 Å². The fourth-order valence-corrected chi connectivity index (χ4v) is 8.51. The Morgan fingerprint density at radius 2 is 1.59 bits per heavy atom. The number of hydrogen-bond acceptors (Lipinski definition) is 1. The number of aromatic amines is 1. The van der Waals surface area contributed by atoms with Crippen molar-refractivity contribution in [2.24, 2.45) is 10.9 Å². The molecule has 5 rings (SSSR count). The van der Waals surface area contributed by atoms with Crippen molar-refractivity contribution in [3.63, 3.8) is 0 Å². The smallest absolute Gasteiger partial charge is 0.165 e. The summed E-state index contributed by atoms with van der Waals surface area (Å²) in [5, 5.41) is 0. The average Bonchev–Trinajstić information content (AvgIpc) is 3.55. The summed E-state index contributed by atoms with van der Waals surface area (Å²) in [5.41, 5.74) is 14.6. The second kappa shape index (κ2) is 15.5. The fraction of sp³-hybridized carbons (Fsp3) is 0.370. The lowest BCUT2D eigenvalue weighted by atomic mass is 9.81. The normalized spacial score (nSPS) is 18.8. The zero-order valence-electron chi connectivity index (χ0n) is 32.0. The Morgan fingerprint density at radius 1 is 0.902 bits per heavy atom. The first-order valence-corrected chi connectivity index (χ1v) is 18.3. The van der Waals surface area contributed by atoms with Crippen LogP contribution >= 0.6 is 0 Å². The van der Waals surface area contributed by atoms with Crippen molar-refractivity contribution in [1.82, 2.24) is 4.98 Å². The highest BCUT2D eigenvalue weighted by Crippen LogP contribution is 2.44. The van der Waals surface area contributed by atoms with E-state index in [9.17, 15) is 0 Å². The summed E-state index contributed by atoms with van der Waals surface area (Å²) >= 11 is 0. The summed E-state index contributed by atoms with van der Waals surface area (Å²) in [5.74, 6) is -3.57. The van der Waals surface area contributed by atoms with Crippen molar-refractivity contribution in [3.8, 4) is 0 Å². The molecule has 3 aromatic rings. The maximum absolute atomic E-state index is 16.6. The van der Waals surface area contributed by atoms with Crippen LogP contribution in [0.1, 0.15) is 116 Å². The van der Waals surface area contributed by atoms with E-state index in [4.69, 9.17) is 4.99 Å². The van der Waals surface area contributed by atoms with Gasteiger partial charge in [0.2, 0.25) is 0 Å². The molecule has 1 N–H and O–H groups in total. The van der Waals surface area contributed by atoms with E-state index in [0.717, 1.165) is 51.7 Å². The van der Waals surface area contributed by atoms with Gasteiger partial charge in [0.25, 0.3) is 0 Å². The minimum absolute atomic E-state index is 0.0748. The summed E-state index contributed by atoms with van der Waals surface area (Å²) in [6.45, 7) is 24.7. The molecule has 5 heteroatoms. The Hall–Kier alpha value is -4.38. The molecule has 1 aliphatic heterocycles. The van der Waals surface area contributed by atoms with E-state index in [2.05, 4.69) is 109 Å². The van der Waals surface area contributed by atoms with Gasteiger partial charge in [0.1, 0.15) is 5.82 Å². The van der Waals surface area contributed by atoms with Crippen molar-refractivity contribution in [2.45, 2.75) is 107 Å². The van der Waals surface area contributed by atoms with E-state index in [0.29, 0.717) is 24.5 Å². The number of halogens is 3. The molecule has 2 aliphatic rings. The monoisotopic (exact) mass is 690 g/mol. The zero-order valence-corrected chi connectivity index (χ0v) is 32.0. The number of benzene rings is 2.